The fourth-order valence-electron chi connectivity index (χ4n) is 3.86. The van der Waals surface area contributed by atoms with Gasteiger partial charge >= 0.3 is 11.9 Å². The van der Waals surface area contributed by atoms with E-state index in [1.165, 1.54) is 0 Å². The summed E-state index contributed by atoms with van der Waals surface area (Å²) < 4.78 is 9.64. The van der Waals surface area contributed by atoms with Gasteiger partial charge in [-0.1, -0.05) is 36.4 Å². The molecule has 0 fully saturated rings. The fraction of sp³-hybridized carbons (Fsp3) is 0.417. The third-order valence-electron chi connectivity index (χ3n) is 5.44. The van der Waals surface area contributed by atoms with Crippen molar-refractivity contribution in [3.05, 3.63) is 47.5 Å². The number of benzene rings is 2. The summed E-state index contributed by atoms with van der Waals surface area (Å²) >= 11 is 0. The van der Waals surface area contributed by atoms with Crippen molar-refractivity contribution < 1.29 is 38.9 Å². The zero-order valence-electron chi connectivity index (χ0n) is 17.8. The van der Waals surface area contributed by atoms with E-state index in [1.54, 1.807) is 0 Å². The second-order valence-electron chi connectivity index (χ2n) is 7.63. The van der Waals surface area contributed by atoms with Crippen molar-refractivity contribution in [3.63, 3.8) is 0 Å². The Labute approximate surface area is 186 Å². The van der Waals surface area contributed by atoms with Gasteiger partial charge in [0.25, 0.3) is 12.9 Å². The number of aryl methyl sites for hydroxylation is 2. The number of rotatable bonds is 16. The van der Waals surface area contributed by atoms with Crippen LogP contribution in [0.15, 0.2) is 36.4 Å². The van der Waals surface area contributed by atoms with Crippen molar-refractivity contribution in [1.82, 2.24) is 0 Å². The summed E-state index contributed by atoms with van der Waals surface area (Å²) in [7, 11) is 0. The molecule has 32 heavy (non-hydrogen) atoms. The number of aliphatic carboxylic acids is 2. The maximum absolute atomic E-state index is 11.3. The largest absolute Gasteiger partial charge is 0.481 e. The number of carboxylic acid groups (broad SMARTS) is 2. The van der Waals surface area contributed by atoms with Crippen LogP contribution < -0.4 is 0 Å². The number of ether oxygens (including phenoxy) is 2. The van der Waals surface area contributed by atoms with Crippen molar-refractivity contribution in [2.24, 2.45) is 5.92 Å². The van der Waals surface area contributed by atoms with E-state index in [1.807, 2.05) is 36.4 Å². The number of carboxylic acids is 2. The zero-order valence-corrected chi connectivity index (χ0v) is 17.8. The first kappa shape index (κ1) is 24.8. The lowest BCUT2D eigenvalue weighted by Gasteiger charge is -2.15. The van der Waals surface area contributed by atoms with E-state index in [4.69, 9.17) is 14.6 Å². The van der Waals surface area contributed by atoms with Gasteiger partial charge in [-0.3, -0.25) is 19.2 Å². The highest BCUT2D eigenvalue weighted by Gasteiger charge is 2.20. The van der Waals surface area contributed by atoms with Crippen LogP contribution in [0.25, 0.3) is 10.8 Å². The minimum Gasteiger partial charge on any atom is -0.481 e. The lowest BCUT2D eigenvalue weighted by atomic mass is 9.92. The number of carbonyl (C=O) groups excluding carboxylic acids is 2. The Morgan fingerprint density at radius 2 is 1.47 bits per heavy atom. The Hall–Kier alpha value is -3.42. The molecule has 0 heterocycles. The van der Waals surface area contributed by atoms with Crippen molar-refractivity contribution in [2.75, 3.05) is 6.61 Å². The number of hydrogen-bond donors (Lipinski definition) is 2. The van der Waals surface area contributed by atoms with Crippen LogP contribution >= 0.6 is 0 Å². The quantitative estimate of drug-likeness (QED) is 0.377. The van der Waals surface area contributed by atoms with E-state index in [9.17, 15) is 24.3 Å². The molecule has 0 spiro atoms. The molecule has 2 aromatic carbocycles. The topological polar surface area (TPSA) is 127 Å². The highest BCUT2D eigenvalue weighted by molar-refractivity contribution is 5.88. The lowest BCUT2D eigenvalue weighted by molar-refractivity contribution is -0.148. The highest BCUT2D eigenvalue weighted by atomic mass is 16.6. The molecule has 0 aliphatic heterocycles. The van der Waals surface area contributed by atoms with Crippen LogP contribution in [0.3, 0.4) is 0 Å². The normalized spacial score (nSPS) is 12.6. The second-order valence-corrected chi connectivity index (χ2v) is 7.63. The maximum Gasteiger partial charge on any atom is 0.307 e. The van der Waals surface area contributed by atoms with Gasteiger partial charge in [-0.05, 0) is 60.4 Å². The average Bonchev–Trinajstić information content (AvgIpc) is 2.77. The number of hydrogen-bond acceptors (Lipinski definition) is 6. The predicted molar refractivity (Wildman–Crippen MR) is 116 cm³/mol. The molecule has 0 saturated heterocycles. The molecule has 0 aliphatic rings. The van der Waals surface area contributed by atoms with Crippen molar-refractivity contribution in [2.45, 2.75) is 51.0 Å². The van der Waals surface area contributed by atoms with E-state index < -0.39 is 24.0 Å². The van der Waals surface area contributed by atoms with E-state index in [0.717, 1.165) is 34.7 Å². The van der Waals surface area contributed by atoms with Crippen molar-refractivity contribution in [3.8, 4) is 0 Å². The minimum absolute atomic E-state index is 0.0289. The molecule has 172 valence electrons. The average molecular weight is 444 g/mol. The molecule has 2 aromatic rings. The lowest BCUT2D eigenvalue weighted by Crippen LogP contribution is -2.19. The van der Waals surface area contributed by atoms with Crippen LogP contribution in [0.2, 0.25) is 0 Å². The minimum atomic E-state index is -1.11. The van der Waals surface area contributed by atoms with Gasteiger partial charge in [0.15, 0.2) is 0 Å². The van der Waals surface area contributed by atoms with E-state index in [2.05, 4.69) is 0 Å². The molecule has 8 heteroatoms. The Morgan fingerprint density at radius 3 is 1.97 bits per heavy atom. The first-order chi connectivity index (χ1) is 15.5. The molecule has 8 nitrogen and oxygen atoms in total. The monoisotopic (exact) mass is 444 g/mol. The molecule has 2 rings (SSSR count). The summed E-state index contributed by atoms with van der Waals surface area (Å²) in [5, 5.41) is 20.3. The van der Waals surface area contributed by atoms with E-state index >= 15 is 0 Å². The molecular formula is C24H28O8. The molecule has 2 N–H and O–H groups in total. The SMILES string of the molecule is O=COCC(CCCc1ccc(CCCC(CC(=O)O)C(=O)O)c2ccccc12)OC=O. The third kappa shape index (κ3) is 7.68. The second kappa shape index (κ2) is 13.1. The van der Waals surface area contributed by atoms with Crippen LogP contribution in [0.5, 0.6) is 0 Å². The molecule has 0 aromatic heterocycles. The fourth-order valence-corrected chi connectivity index (χ4v) is 3.86. The molecule has 0 radical (unpaired) electrons. The summed E-state index contributed by atoms with van der Waals surface area (Å²) in [5.41, 5.74) is 2.23. The molecular weight excluding hydrogens is 416 g/mol. The summed E-state index contributed by atoms with van der Waals surface area (Å²) in [6.45, 7) is 0.712. The van der Waals surface area contributed by atoms with Gasteiger partial charge in [0.05, 0.1) is 12.3 Å². The Balaban J connectivity index is 2.03. The molecule has 2 atom stereocenters. The van der Waals surface area contributed by atoms with Gasteiger partial charge < -0.3 is 19.7 Å². The van der Waals surface area contributed by atoms with Crippen LogP contribution in [-0.2, 0) is 41.5 Å². The van der Waals surface area contributed by atoms with Crippen LogP contribution in [-0.4, -0.2) is 47.8 Å². The Bertz CT molecular complexity index is 923. The maximum atomic E-state index is 11.3. The molecule has 0 aliphatic carbocycles. The summed E-state index contributed by atoms with van der Waals surface area (Å²) in [6.07, 6.45) is 2.73. The van der Waals surface area contributed by atoms with Gasteiger partial charge in [-0.25, -0.2) is 0 Å². The summed E-state index contributed by atoms with van der Waals surface area (Å²) in [6, 6.07) is 12.0. The van der Waals surface area contributed by atoms with Crippen LogP contribution in [0, 0.1) is 5.92 Å². The first-order valence-electron chi connectivity index (χ1n) is 10.5. The van der Waals surface area contributed by atoms with Crippen molar-refractivity contribution >= 4 is 35.7 Å². The number of fused-ring (bicyclic) bond motifs is 1. The summed E-state index contributed by atoms with van der Waals surface area (Å²) in [4.78, 5) is 43.1. The van der Waals surface area contributed by atoms with Gasteiger partial charge in [0.1, 0.15) is 12.7 Å². The smallest absolute Gasteiger partial charge is 0.307 e. The van der Waals surface area contributed by atoms with Crippen LogP contribution in [0.1, 0.15) is 43.2 Å². The van der Waals surface area contributed by atoms with Gasteiger partial charge in [0, 0.05) is 0 Å². The summed E-state index contributed by atoms with van der Waals surface area (Å²) in [5.74, 6) is -3.07. The zero-order chi connectivity index (χ0) is 23.3. The molecule has 0 bridgehead atoms. The van der Waals surface area contributed by atoms with E-state index in [-0.39, 0.29) is 13.0 Å². The molecule has 0 amide bonds. The Morgan fingerprint density at radius 1 is 0.875 bits per heavy atom. The third-order valence-corrected chi connectivity index (χ3v) is 5.44. The molecule has 0 saturated carbocycles. The predicted octanol–water partition coefficient (Wildman–Crippen LogP) is 3.38. The highest BCUT2D eigenvalue weighted by Crippen LogP contribution is 2.26. The van der Waals surface area contributed by atoms with Gasteiger partial charge in [0.2, 0.25) is 0 Å². The van der Waals surface area contributed by atoms with Crippen molar-refractivity contribution in [1.29, 1.82) is 0 Å². The van der Waals surface area contributed by atoms with Crippen LogP contribution in [0.4, 0.5) is 0 Å². The Kier molecular flexibility index (Phi) is 10.2. The van der Waals surface area contributed by atoms with Gasteiger partial charge in [-0.2, -0.15) is 0 Å². The standard InChI is InChI=1S/C24H28O8/c25-15-31-14-20(32-16-26)8-4-6-18-12-11-17(21-9-1-2-10-22(18)21)5-3-7-19(24(29)30)13-23(27)28/h1-2,9-12,15-16,19-20H,3-8,13-14H2,(H,27,28)(H,29,30). The molecule has 2 unspecified atom stereocenters. The number of carbonyl (C=O) groups is 4. The van der Waals surface area contributed by atoms with Gasteiger partial charge in [-0.15, -0.1) is 0 Å². The first-order valence-corrected chi connectivity index (χ1v) is 10.5. The van der Waals surface area contributed by atoms with E-state index in [0.29, 0.717) is 38.6 Å².